The number of hydrogen-bond acceptors (Lipinski definition) is 2. The van der Waals surface area contributed by atoms with Gasteiger partial charge in [-0.25, -0.2) is 0 Å². The number of hydrogen-bond donors (Lipinski definition) is 2. The SMILES string of the molecule is CC(C)CC(CNC(=O)CC(C)C(C)(C)C)C(=O)O. The Hall–Kier alpha value is -1.06. The molecule has 2 unspecified atom stereocenters. The molecule has 0 aromatic carbocycles. The molecule has 4 heteroatoms. The number of aliphatic carboxylic acids is 1. The van der Waals surface area contributed by atoms with E-state index in [0.29, 0.717) is 18.8 Å². The zero-order valence-corrected chi connectivity index (χ0v) is 13.1. The van der Waals surface area contributed by atoms with Crippen molar-refractivity contribution in [2.75, 3.05) is 6.54 Å². The van der Waals surface area contributed by atoms with E-state index in [4.69, 9.17) is 5.11 Å². The van der Waals surface area contributed by atoms with Gasteiger partial charge in [0, 0.05) is 13.0 Å². The molecule has 2 N–H and O–H groups in total. The molecule has 0 aliphatic heterocycles. The van der Waals surface area contributed by atoms with Gasteiger partial charge in [0.2, 0.25) is 5.91 Å². The van der Waals surface area contributed by atoms with Gasteiger partial charge >= 0.3 is 5.97 Å². The van der Waals surface area contributed by atoms with Gasteiger partial charge < -0.3 is 10.4 Å². The second-order valence-corrected chi connectivity index (χ2v) is 6.94. The Kier molecular flexibility index (Phi) is 7.09. The molecule has 0 fully saturated rings. The molecule has 0 spiro atoms. The molecule has 0 saturated heterocycles. The van der Waals surface area contributed by atoms with Gasteiger partial charge in [-0.1, -0.05) is 41.5 Å². The van der Waals surface area contributed by atoms with Crippen LogP contribution in [0.2, 0.25) is 0 Å². The second-order valence-electron chi connectivity index (χ2n) is 6.94. The molecule has 2 atom stereocenters. The minimum atomic E-state index is -0.835. The van der Waals surface area contributed by atoms with Gasteiger partial charge in [0.25, 0.3) is 0 Å². The average Bonchev–Trinajstić information content (AvgIpc) is 2.21. The van der Waals surface area contributed by atoms with Crippen LogP contribution in [0.15, 0.2) is 0 Å². The normalized spacial score (nSPS) is 15.1. The molecule has 0 saturated carbocycles. The quantitative estimate of drug-likeness (QED) is 0.748. The molecule has 0 aromatic rings. The Morgan fingerprint density at radius 2 is 1.68 bits per heavy atom. The van der Waals surface area contributed by atoms with Crippen molar-refractivity contribution >= 4 is 11.9 Å². The fraction of sp³-hybridized carbons (Fsp3) is 0.867. The summed E-state index contributed by atoms with van der Waals surface area (Å²) in [4.78, 5) is 22.9. The lowest BCUT2D eigenvalue weighted by atomic mass is 9.80. The first-order chi connectivity index (χ1) is 8.54. The molecule has 0 radical (unpaired) electrons. The van der Waals surface area contributed by atoms with Crippen molar-refractivity contribution in [2.45, 2.75) is 54.4 Å². The second kappa shape index (κ2) is 7.51. The third kappa shape index (κ3) is 7.85. The van der Waals surface area contributed by atoms with E-state index in [-0.39, 0.29) is 23.8 Å². The number of carboxylic acid groups (broad SMARTS) is 1. The minimum absolute atomic E-state index is 0.0579. The molecule has 4 nitrogen and oxygen atoms in total. The van der Waals surface area contributed by atoms with Gasteiger partial charge in [0.15, 0.2) is 0 Å². The maximum absolute atomic E-state index is 11.8. The minimum Gasteiger partial charge on any atom is -0.481 e. The van der Waals surface area contributed by atoms with Crippen molar-refractivity contribution in [1.29, 1.82) is 0 Å². The van der Waals surface area contributed by atoms with E-state index >= 15 is 0 Å². The van der Waals surface area contributed by atoms with E-state index in [2.05, 4.69) is 26.1 Å². The van der Waals surface area contributed by atoms with E-state index in [1.807, 2.05) is 20.8 Å². The van der Waals surface area contributed by atoms with Crippen molar-refractivity contribution in [3.8, 4) is 0 Å². The van der Waals surface area contributed by atoms with Crippen LogP contribution in [0.5, 0.6) is 0 Å². The van der Waals surface area contributed by atoms with Gasteiger partial charge in [-0.15, -0.1) is 0 Å². The summed E-state index contributed by atoms with van der Waals surface area (Å²) in [6.45, 7) is 12.5. The van der Waals surface area contributed by atoms with Crippen LogP contribution >= 0.6 is 0 Å². The van der Waals surface area contributed by atoms with Crippen LogP contribution in [0.3, 0.4) is 0 Å². The molecule has 0 bridgehead atoms. The maximum Gasteiger partial charge on any atom is 0.308 e. The average molecular weight is 271 g/mol. The Labute approximate surface area is 117 Å². The number of carbonyl (C=O) groups is 2. The summed E-state index contributed by atoms with van der Waals surface area (Å²) < 4.78 is 0. The molecule has 1 amide bonds. The molecule has 19 heavy (non-hydrogen) atoms. The predicted octanol–water partition coefficient (Wildman–Crippen LogP) is 2.92. The van der Waals surface area contributed by atoms with Crippen LogP contribution < -0.4 is 5.32 Å². The third-order valence-electron chi connectivity index (χ3n) is 3.62. The lowest BCUT2D eigenvalue weighted by Gasteiger charge is -2.26. The van der Waals surface area contributed by atoms with E-state index in [1.54, 1.807) is 0 Å². The van der Waals surface area contributed by atoms with Gasteiger partial charge in [0.1, 0.15) is 0 Å². The summed E-state index contributed by atoms with van der Waals surface area (Å²) in [6, 6.07) is 0. The highest BCUT2D eigenvalue weighted by atomic mass is 16.4. The van der Waals surface area contributed by atoms with Gasteiger partial charge in [-0.3, -0.25) is 9.59 Å². The van der Waals surface area contributed by atoms with Crippen molar-refractivity contribution in [1.82, 2.24) is 5.32 Å². The summed E-state index contributed by atoms with van der Waals surface area (Å²) in [6.07, 6.45) is 1.03. The summed E-state index contributed by atoms with van der Waals surface area (Å²) in [7, 11) is 0. The standard InChI is InChI=1S/C15H29NO3/c1-10(2)7-12(14(18)19)9-16-13(17)8-11(3)15(4,5)6/h10-12H,7-9H2,1-6H3,(H,16,17)(H,18,19). The number of rotatable bonds is 7. The number of amides is 1. The van der Waals surface area contributed by atoms with Gasteiger partial charge in [-0.05, 0) is 23.7 Å². The number of carbonyl (C=O) groups excluding carboxylic acids is 1. The van der Waals surface area contributed by atoms with Crippen molar-refractivity contribution in [3.63, 3.8) is 0 Å². The zero-order valence-electron chi connectivity index (χ0n) is 13.1. The number of nitrogens with one attached hydrogen (secondary N) is 1. The first-order valence-electron chi connectivity index (χ1n) is 7.03. The Morgan fingerprint density at radius 3 is 2.05 bits per heavy atom. The molecule has 0 heterocycles. The third-order valence-corrected chi connectivity index (χ3v) is 3.62. The van der Waals surface area contributed by atoms with E-state index in [1.165, 1.54) is 0 Å². The zero-order chi connectivity index (χ0) is 15.2. The first kappa shape index (κ1) is 17.9. The van der Waals surface area contributed by atoms with Crippen LogP contribution in [0.25, 0.3) is 0 Å². The van der Waals surface area contributed by atoms with Gasteiger partial charge in [0.05, 0.1) is 5.92 Å². The van der Waals surface area contributed by atoms with Crippen LogP contribution in [-0.2, 0) is 9.59 Å². The molecule has 0 aromatic heterocycles. The lowest BCUT2D eigenvalue weighted by molar-refractivity contribution is -0.142. The van der Waals surface area contributed by atoms with Crippen LogP contribution in [0.1, 0.15) is 54.4 Å². The summed E-state index contributed by atoms with van der Waals surface area (Å²) in [5, 5.41) is 11.8. The van der Waals surface area contributed by atoms with E-state index in [0.717, 1.165) is 0 Å². The maximum atomic E-state index is 11.8. The smallest absolute Gasteiger partial charge is 0.308 e. The number of carboxylic acids is 1. The largest absolute Gasteiger partial charge is 0.481 e. The predicted molar refractivity (Wildman–Crippen MR) is 76.8 cm³/mol. The topological polar surface area (TPSA) is 66.4 Å². The Balaban J connectivity index is 4.23. The Bertz CT molecular complexity index is 305. The lowest BCUT2D eigenvalue weighted by Crippen LogP contribution is -2.35. The fourth-order valence-corrected chi connectivity index (χ4v) is 1.73. The molecule has 0 aliphatic carbocycles. The molecule has 0 aliphatic rings. The first-order valence-corrected chi connectivity index (χ1v) is 7.03. The van der Waals surface area contributed by atoms with Crippen molar-refractivity contribution in [2.24, 2.45) is 23.2 Å². The highest BCUT2D eigenvalue weighted by molar-refractivity contribution is 5.77. The molecule has 112 valence electrons. The monoisotopic (exact) mass is 271 g/mol. The summed E-state index contributed by atoms with van der Waals surface area (Å²) in [5.41, 5.74) is 0.0848. The highest BCUT2D eigenvalue weighted by Gasteiger charge is 2.24. The molecular weight excluding hydrogens is 242 g/mol. The summed E-state index contributed by atoms with van der Waals surface area (Å²) in [5.74, 6) is -0.809. The van der Waals surface area contributed by atoms with E-state index < -0.39 is 11.9 Å². The van der Waals surface area contributed by atoms with Crippen molar-refractivity contribution < 1.29 is 14.7 Å². The molecule has 0 rings (SSSR count). The fourth-order valence-electron chi connectivity index (χ4n) is 1.73. The van der Waals surface area contributed by atoms with Crippen LogP contribution in [0.4, 0.5) is 0 Å². The summed E-state index contributed by atoms with van der Waals surface area (Å²) >= 11 is 0. The molecular formula is C15H29NO3. The van der Waals surface area contributed by atoms with Crippen LogP contribution in [-0.4, -0.2) is 23.5 Å². The van der Waals surface area contributed by atoms with Gasteiger partial charge in [-0.2, -0.15) is 0 Å². The van der Waals surface area contributed by atoms with E-state index in [9.17, 15) is 9.59 Å². The van der Waals surface area contributed by atoms with Crippen LogP contribution in [0, 0.1) is 23.2 Å². The van der Waals surface area contributed by atoms with Crippen molar-refractivity contribution in [3.05, 3.63) is 0 Å². The Morgan fingerprint density at radius 1 is 1.16 bits per heavy atom. The highest BCUT2D eigenvalue weighted by Crippen LogP contribution is 2.27.